The van der Waals surface area contributed by atoms with Gasteiger partial charge in [-0.05, 0) is 96.7 Å². The highest BCUT2D eigenvalue weighted by Crippen LogP contribution is 2.75. The van der Waals surface area contributed by atoms with Gasteiger partial charge < -0.3 is 15.3 Å². The molecule has 0 saturated heterocycles. The second-order valence-corrected chi connectivity index (χ2v) is 15.0. The number of aliphatic hydroxyl groups is 2. The Balaban J connectivity index is 1.62. The number of aliphatic hydroxyl groups excluding tert-OH is 2. The van der Waals surface area contributed by atoms with Gasteiger partial charge in [0.1, 0.15) is 0 Å². The predicted molar refractivity (Wildman–Crippen MR) is 134 cm³/mol. The van der Waals surface area contributed by atoms with E-state index < -0.39 is 17.5 Å². The summed E-state index contributed by atoms with van der Waals surface area (Å²) in [5.74, 6) is 0.0213. The Morgan fingerprint density at radius 2 is 1.50 bits per heavy atom. The smallest absolute Gasteiger partial charge is 0.310 e. The van der Waals surface area contributed by atoms with Crippen LogP contribution in [-0.4, -0.2) is 33.5 Å². The van der Waals surface area contributed by atoms with E-state index in [0.29, 0.717) is 24.7 Å². The van der Waals surface area contributed by atoms with E-state index in [1.165, 1.54) is 5.57 Å². The van der Waals surface area contributed by atoms with Gasteiger partial charge in [0.05, 0.1) is 17.6 Å². The first-order valence-electron chi connectivity index (χ1n) is 13.9. The van der Waals surface area contributed by atoms with Gasteiger partial charge in [-0.2, -0.15) is 0 Å². The summed E-state index contributed by atoms with van der Waals surface area (Å²) in [6, 6.07) is 0. The molecule has 4 heteroatoms. The number of hydrogen-bond acceptors (Lipinski definition) is 3. The fourth-order valence-corrected chi connectivity index (χ4v) is 10.6. The highest BCUT2D eigenvalue weighted by molar-refractivity contribution is 5.77. The van der Waals surface area contributed by atoms with Gasteiger partial charge in [-0.1, -0.05) is 60.1 Å². The maximum Gasteiger partial charge on any atom is 0.310 e. The van der Waals surface area contributed by atoms with Crippen molar-refractivity contribution in [3.05, 3.63) is 11.6 Å². The van der Waals surface area contributed by atoms with E-state index in [1.807, 2.05) is 0 Å². The van der Waals surface area contributed by atoms with Crippen molar-refractivity contribution < 1.29 is 20.1 Å². The zero-order chi connectivity index (χ0) is 25.1. The van der Waals surface area contributed by atoms with Crippen LogP contribution < -0.4 is 0 Å². The number of carboxylic acids is 1. The van der Waals surface area contributed by atoms with Gasteiger partial charge in [-0.15, -0.1) is 0 Å². The van der Waals surface area contributed by atoms with Crippen molar-refractivity contribution >= 4 is 5.97 Å². The molecule has 0 aromatic rings. The van der Waals surface area contributed by atoms with E-state index in [-0.39, 0.29) is 39.1 Å². The van der Waals surface area contributed by atoms with Crippen molar-refractivity contribution in [1.82, 2.24) is 0 Å². The van der Waals surface area contributed by atoms with Gasteiger partial charge in [0.2, 0.25) is 0 Å². The average Bonchev–Trinajstić information content (AvgIpc) is 2.74. The third kappa shape index (κ3) is 2.76. The topological polar surface area (TPSA) is 77.8 Å². The average molecular weight is 473 g/mol. The minimum Gasteiger partial charge on any atom is -0.481 e. The normalized spacial score (nSPS) is 53.4. The van der Waals surface area contributed by atoms with E-state index in [4.69, 9.17) is 0 Å². The van der Waals surface area contributed by atoms with Crippen LogP contribution in [0, 0.1) is 50.2 Å². The summed E-state index contributed by atoms with van der Waals surface area (Å²) in [7, 11) is 0. The van der Waals surface area contributed by atoms with Crippen LogP contribution in [0.5, 0.6) is 0 Å². The SMILES string of the molecule is CC1(C)CC[C@]2(C(=O)O)CC[C@]3(C)C(=CCC4[C@@]5(C)CC[C@H](O)C(C)(C)[C@@H]5CC[C@]43C)C2[C@@H]1O. The number of hydrogen-bond donors (Lipinski definition) is 3. The monoisotopic (exact) mass is 472 g/mol. The van der Waals surface area contributed by atoms with Crippen LogP contribution in [0.2, 0.25) is 0 Å². The second-order valence-electron chi connectivity index (χ2n) is 15.0. The molecule has 3 N–H and O–H groups in total. The van der Waals surface area contributed by atoms with Crippen molar-refractivity contribution in [2.45, 2.75) is 118 Å². The van der Waals surface area contributed by atoms with Gasteiger partial charge in [0.25, 0.3) is 0 Å². The summed E-state index contributed by atoms with van der Waals surface area (Å²) >= 11 is 0. The summed E-state index contributed by atoms with van der Waals surface area (Å²) in [6.45, 7) is 16.2. The summed E-state index contributed by atoms with van der Waals surface area (Å²) in [5, 5.41) is 33.1. The lowest BCUT2D eigenvalue weighted by atomic mass is 9.33. The number of rotatable bonds is 1. The molecular weight excluding hydrogens is 424 g/mol. The minimum atomic E-state index is -0.832. The molecule has 0 amide bonds. The van der Waals surface area contributed by atoms with Crippen LogP contribution in [0.3, 0.4) is 0 Å². The minimum absolute atomic E-state index is 0.0756. The molecule has 9 atom stereocenters. The first kappa shape index (κ1) is 24.8. The molecule has 0 radical (unpaired) electrons. The summed E-state index contributed by atoms with van der Waals surface area (Å²) in [6.07, 6.45) is 9.70. The third-order valence-corrected chi connectivity index (χ3v) is 13.3. The molecule has 0 aromatic carbocycles. The Kier molecular flexibility index (Phi) is 5.20. The molecule has 0 aromatic heterocycles. The Labute approximate surface area is 206 Å². The lowest BCUT2D eigenvalue weighted by Crippen LogP contribution is -2.66. The fraction of sp³-hybridized carbons (Fsp3) is 0.900. The molecule has 5 rings (SSSR count). The Bertz CT molecular complexity index is 919. The molecule has 4 saturated carbocycles. The molecule has 5 aliphatic carbocycles. The molecule has 4 fully saturated rings. The summed E-state index contributed by atoms with van der Waals surface area (Å²) in [5.41, 5.74) is 0.238. The van der Waals surface area contributed by atoms with Crippen LogP contribution in [0.25, 0.3) is 0 Å². The number of aliphatic carboxylic acids is 1. The Morgan fingerprint density at radius 1 is 0.853 bits per heavy atom. The van der Waals surface area contributed by atoms with Gasteiger partial charge in [0, 0.05) is 5.92 Å². The standard InChI is InChI=1S/C30H48O4/c1-25(2)14-16-30(24(33)34)17-15-28(6)18(22(30)23(25)32)8-9-20-27(5)12-11-21(31)26(3,4)19(27)10-13-29(20,28)7/h8,19-23,31-32H,9-17H2,1-7H3,(H,33,34)/t19-,20?,21-,22?,23-,27-,28+,29+,30-/m0/s1. The molecule has 5 aliphatic rings. The number of carbonyl (C=O) groups is 1. The predicted octanol–water partition coefficient (Wildman–Crippen LogP) is 6.20. The summed E-state index contributed by atoms with van der Waals surface area (Å²) < 4.78 is 0. The molecule has 0 bridgehead atoms. The largest absolute Gasteiger partial charge is 0.481 e. The molecule has 4 nitrogen and oxygen atoms in total. The van der Waals surface area contributed by atoms with Crippen molar-refractivity contribution in [2.75, 3.05) is 0 Å². The van der Waals surface area contributed by atoms with Gasteiger partial charge in [0.15, 0.2) is 0 Å². The lowest BCUT2D eigenvalue weighted by Gasteiger charge is -2.71. The second kappa shape index (κ2) is 7.12. The maximum absolute atomic E-state index is 12.8. The molecule has 192 valence electrons. The van der Waals surface area contributed by atoms with Gasteiger partial charge in [-0.25, -0.2) is 0 Å². The van der Waals surface area contributed by atoms with Crippen LogP contribution in [0.4, 0.5) is 0 Å². The molecule has 0 spiro atoms. The number of fused-ring (bicyclic) bond motifs is 7. The fourth-order valence-electron chi connectivity index (χ4n) is 10.6. The van der Waals surface area contributed by atoms with Crippen molar-refractivity contribution in [2.24, 2.45) is 50.2 Å². The molecule has 0 aliphatic heterocycles. The van der Waals surface area contributed by atoms with Crippen molar-refractivity contribution in [1.29, 1.82) is 0 Å². The first-order chi connectivity index (χ1) is 15.6. The van der Waals surface area contributed by atoms with Crippen molar-refractivity contribution in [3.8, 4) is 0 Å². The van der Waals surface area contributed by atoms with E-state index in [9.17, 15) is 20.1 Å². The number of allylic oxidation sites excluding steroid dienone is 1. The van der Waals surface area contributed by atoms with Crippen molar-refractivity contribution in [3.63, 3.8) is 0 Å². The van der Waals surface area contributed by atoms with E-state index in [0.717, 1.165) is 44.9 Å². The molecular formula is C30H48O4. The third-order valence-electron chi connectivity index (χ3n) is 13.3. The molecule has 0 heterocycles. The van der Waals surface area contributed by atoms with Crippen LogP contribution in [-0.2, 0) is 4.79 Å². The van der Waals surface area contributed by atoms with Crippen LogP contribution >= 0.6 is 0 Å². The first-order valence-corrected chi connectivity index (χ1v) is 13.9. The zero-order valence-electron chi connectivity index (χ0n) is 22.6. The summed E-state index contributed by atoms with van der Waals surface area (Å²) in [4.78, 5) is 12.8. The zero-order valence-corrected chi connectivity index (χ0v) is 22.6. The lowest BCUT2D eigenvalue weighted by molar-refractivity contribution is -0.212. The van der Waals surface area contributed by atoms with E-state index in [2.05, 4.69) is 54.5 Å². The molecule has 34 heavy (non-hydrogen) atoms. The van der Waals surface area contributed by atoms with E-state index in [1.54, 1.807) is 0 Å². The van der Waals surface area contributed by atoms with Gasteiger partial charge in [-0.3, -0.25) is 4.79 Å². The van der Waals surface area contributed by atoms with Crippen LogP contribution in [0.15, 0.2) is 11.6 Å². The molecule has 2 unspecified atom stereocenters. The Hall–Kier alpha value is -0.870. The van der Waals surface area contributed by atoms with Gasteiger partial charge >= 0.3 is 5.97 Å². The highest BCUT2D eigenvalue weighted by atomic mass is 16.4. The maximum atomic E-state index is 12.8. The van der Waals surface area contributed by atoms with Crippen LogP contribution in [0.1, 0.15) is 106 Å². The Morgan fingerprint density at radius 3 is 2.15 bits per heavy atom. The van der Waals surface area contributed by atoms with E-state index >= 15 is 0 Å². The number of carboxylic acid groups (broad SMARTS) is 1. The quantitative estimate of drug-likeness (QED) is 0.397. The highest BCUT2D eigenvalue weighted by Gasteiger charge is 2.70.